The van der Waals surface area contributed by atoms with Crippen LogP contribution in [0.5, 0.6) is 0 Å². The van der Waals surface area contributed by atoms with E-state index in [0.29, 0.717) is 11.8 Å². The summed E-state index contributed by atoms with van der Waals surface area (Å²) >= 11 is 0. The summed E-state index contributed by atoms with van der Waals surface area (Å²) in [6.07, 6.45) is 7.28. The Morgan fingerprint density at radius 1 is 1.45 bits per heavy atom. The number of aryl methyl sites for hydroxylation is 1. The van der Waals surface area contributed by atoms with E-state index in [2.05, 4.69) is 37.8 Å². The van der Waals surface area contributed by atoms with Gasteiger partial charge < -0.3 is 5.73 Å². The van der Waals surface area contributed by atoms with Crippen LogP contribution in [0, 0.1) is 17.8 Å². The third kappa shape index (κ3) is 3.22. The summed E-state index contributed by atoms with van der Waals surface area (Å²) < 4.78 is 2.03. The summed E-state index contributed by atoms with van der Waals surface area (Å²) in [5.41, 5.74) is 6.75. The molecule has 1 saturated carbocycles. The average molecular weight is 278 g/mol. The van der Waals surface area contributed by atoms with Crippen LogP contribution >= 0.6 is 0 Å². The first-order valence-electron chi connectivity index (χ1n) is 8.12. The number of rotatable bonds is 5. The van der Waals surface area contributed by atoms with Crippen molar-refractivity contribution in [2.75, 3.05) is 0 Å². The fourth-order valence-corrected chi connectivity index (χ4v) is 3.97. The molecule has 0 saturated heterocycles. The van der Waals surface area contributed by atoms with Crippen molar-refractivity contribution in [3.63, 3.8) is 0 Å². The van der Waals surface area contributed by atoms with E-state index in [1.807, 2.05) is 4.68 Å². The standard InChI is InChI=1S/C16H30N4/c1-5-8-20-15(18-11-19-20)10-16(17)9-13(4)6-7-14(16)12(2)3/h11-14H,5-10,17H2,1-4H3. The lowest BCUT2D eigenvalue weighted by Crippen LogP contribution is -2.54. The Hall–Kier alpha value is -0.900. The van der Waals surface area contributed by atoms with Gasteiger partial charge in [0.2, 0.25) is 0 Å². The van der Waals surface area contributed by atoms with E-state index in [0.717, 1.165) is 37.5 Å². The van der Waals surface area contributed by atoms with Crippen molar-refractivity contribution in [3.05, 3.63) is 12.2 Å². The normalized spacial score (nSPS) is 30.9. The minimum Gasteiger partial charge on any atom is -0.324 e. The highest BCUT2D eigenvalue weighted by molar-refractivity contribution is 5.04. The largest absolute Gasteiger partial charge is 0.324 e. The van der Waals surface area contributed by atoms with Crippen LogP contribution in [0.3, 0.4) is 0 Å². The fourth-order valence-electron chi connectivity index (χ4n) is 3.97. The maximum atomic E-state index is 6.87. The Labute approximate surface area is 123 Å². The monoisotopic (exact) mass is 278 g/mol. The van der Waals surface area contributed by atoms with Crippen LogP contribution in [-0.2, 0) is 13.0 Å². The highest BCUT2D eigenvalue weighted by Crippen LogP contribution is 2.41. The van der Waals surface area contributed by atoms with Crippen molar-refractivity contribution < 1.29 is 0 Å². The number of hydrogen-bond donors (Lipinski definition) is 1. The number of aromatic nitrogens is 3. The molecule has 1 heterocycles. The molecule has 1 aliphatic carbocycles. The predicted octanol–water partition coefficient (Wildman–Crippen LogP) is 3.02. The number of hydrogen-bond acceptors (Lipinski definition) is 3. The van der Waals surface area contributed by atoms with Crippen LogP contribution in [0.1, 0.15) is 59.2 Å². The Morgan fingerprint density at radius 3 is 2.85 bits per heavy atom. The molecular weight excluding hydrogens is 248 g/mol. The van der Waals surface area contributed by atoms with E-state index in [1.165, 1.54) is 12.8 Å². The molecule has 4 nitrogen and oxygen atoms in total. The van der Waals surface area contributed by atoms with Crippen molar-refractivity contribution in [2.45, 2.75) is 71.9 Å². The predicted molar refractivity (Wildman–Crippen MR) is 82.3 cm³/mol. The van der Waals surface area contributed by atoms with Gasteiger partial charge >= 0.3 is 0 Å². The topological polar surface area (TPSA) is 56.7 Å². The molecule has 3 atom stereocenters. The van der Waals surface area contributed by atoms with Crippen molar-refractivity contribution in [2.24, 2.45) is 23.5 Å². The van der Waals surface area contributed by atoms with Gasteiger partial charge in [0.15, 0.2) is 0 Å². The molecule has 114 valence electrons. The molecule has 0 amide bonds. The summed E-state index contributed by atoms with van der Waals surface area (Å²) in [5, 5.41) is 4.34. The third-order valence-electron chi connectivity index (χ3n) is 4.86. The highest BCUT2D eigenvalue weighted by atomic mass is 15.3. The van der Waals surface area contributed by atoms with Gasteiger partial charge in [-0.3, -0.25) is 4.68 Å². The van der Waals surface area contributed by atoms with Crippen molar-refractivity contribution in [1.29, 1.82) is 0 Å². The maximum absolute atomic E-state index is 6.87. The molecule has 0 aliphatic heterocycles. The molecule has 2 rings (SSSR count). The van der Waals surface area contributed by atoms with Crippen molar-refractivity contribution in [3.8, 4) is 0 Å². The summed E-state index contributed by atoms with van der Waals surface area (Å²) in [5.74, 6) is 3.01. The Morgan fingerprint density at radius 2 is 2.20 bits per heavy atom. The van der Waals surface area contributed by atoms with Gasteiger partial charge in [0, 0.05) is 18.5 Å². The smallest absolute Gasteiger partial charge is 0.138 e. The zero-order valence-corrected chi connectivity index (χ0v) is 13.5. The van der Waals surface area contributed by atoms with E-state index >= 15 is 0 Å². The molecule has 1 aromatic heterocycles. The first-order valence-corrected chi connectivity index (χ1v) is 8.12. The Kier molecular flexibility index (Phi) is 4.84. The van der Waals surface area contributed by atoms with Gasteiger partial charge in [0.25, 0.3) is 0 Å². The van der Waals surface area contributed by atoms with Gasteiger partial charge in [-0.15, -0.1) is 0 Å². The summed E-state index contributed by atoms with van der Waals surface area (Å²) in [6.45, 7) is 10.0. The lowest BCUT2D eigenvalue weighted by atomic mass is 9.64. The zero-order valence-electron chi connectivity index (χ0n) is 13.5. The van der Waals surface area contributed by atoms with Crippen LogP contribution in [0.4, 0.5) is 0 Å². The second-order valence-corrected chi connectivity index (χ2v) is 7.05. The minimum absolute atomic E-state index is 0.121. The molecule has 1 aromatic rings. The fraction of sp³-hybridized carbons (Fsp3) is 0.875. The first-order chi connectivity index (χ1) is 9.46. The van der Waals surface area contributed by atoms with Crippen LogP contribution in [0.15, 0.2) is 6.33 Å². The van der Waals surface area contributed by atoms with E-state index in [-0.39, 0.29) is 5.54 Å². The van der Waals surface area contributed by atoms with Gasteiger partial charge in [-0.1, -0.05) is 34.1 Å². The SMILES string of the molecule is CCCn1ncnc1CC1(N)CC(C)CCC1C(C)C. The van der Waals surface area contributed by atoms with E-state index < -0.39 is 0 Å². The third-order valence-corrected chi connectivity index (χ3v) is 4.86. The van der Waals surface area contributed by atoms with Crippen LogP contribution < -0.4 is 5.73 Å². The molecule has 1 fully saturated rings. The molecule has 3 unspecified atom stereocenters. The minimum atomic E-state index is -0.121. The molecule has 1 aliphatic rings. The second-order valence-electron chi connectivity index (χ2n) is 7.05. The van der Waals surface area contributed by atoms with Crippen molar-refractivity contribution >= 4 is 0 Å². The average Bonchev–Trinajstić information content (AvgIpc) is 2.75. The lowest BCUT2D eigenvalue weighted by Gasteiger charge is -2.45. The van der Waals surface area contributed by atoms with E-state index in [9.17, 15) is 0 Å². The molecule has 2 N–H and O–H groups in total. The highest BCUT2D eigenvalue weighted by Gasteiger charge is 2.42. The van der Waals surface area contributed by atoms with Gasteiger partial charge in [0.1, 0.15) is 12.2 Å². The first kappa shape index (κ1) is 15.5. The van der Waals surface area contributed by atoms with E-state index in [1.54, 1.807) is 6.33 Å². The molecule has 0 aromatic carbocycles. The van der Waals surface area contributed by atoms with Crippen LogP contribution in [0.2, 0.25) is 0 Å². The maximum Gasteiger partial charge on any atom is 0.138 e. The number of nitrogens with two attached hydrogens (primary N) is 1. The number of nitrogens with zero attached hydrogens (tertiary/aromatic N) is 3. The molecule has 4 heteroatoms. The second kappa shape index (κ2) is 6.25. The molecule has 0 radical (unpaired) electrons. The van der Waals surface area contributed by atoms with Crippen LogP contribution in [0.25, 0.3) is 0 Å². The summed E-state index contributed by atoms with van der Waals surface area (Å²) in [4.78, 5) is 4.46. The molecule has 20 heavy (non-hydrogen) atoms. The molecule has 0 spiro atoms. The van der Waals surface area contributed by atoms with Crippen LogP contribution in [-0.4, -0.2) is 20.3 Å². The van der Waals surface area contributed by atoms with Gasteiger partial charge in [-0.2, -0.15) is 5.10 Å². The van der Waals surface area contributed by atoms with Crippen molar-refractivity contribution in [1.82, 2.24) is 14.8 Å². The lowest BCUT2D eigenvalue weighted by molar-refractivity contribution is 0.106. The quantitative estimate of drug-likeness (QED) is 0.900. The summed E-state index contributed by atoms with van der Waals surface area (Å²) in [7, 11) is 0. The van der Waals surface area contributed by atoms with Gasteiger partial charge in [-0.25, -0.2) is 4.98 Å². The van der Waals surface area contributed by atoms with Gasteiger partial charge in [-0.05, 0) is 37.0 Å². The zero-order chi connectivity index (χ0) is 14.8. The Balaban J connectivity index is 2.20. The molecular formula is C16H30N4. The summed E-state index contributed by atoms with van der Waals surface area (Å²) in [6, 6.07) is 0. The molecule has 0 bridgehead atoms. The van der Waals surface area contributed by atoms with Gasteiger partial charge in [0.05, 0.1) is 0 Å². The van der Waals surface area contributed by atoms with E-state index in [4.69, 9.17) is 5.73 Å². The Bertz CT molecular complexity index is 426.